The number of benzene rings is 1. The van der Waals surface area contributed by atoms with E-state index in [0.29, 0.717) is 6.04 Å². The maximum Gasteiger partial charge on any atom is 0.0446 e. The standard InChI is InChI=1S/C14H22N2O/c1-11-3-4-14(9-12(11)2)16-7-6-15-13(10-16)5-8-17/h3-4,9,13,15,17H,5-8,10H2,1-2H3. The Kier molecular flexibility index (Phi) is 4.02. The third-order valence-electron chi connectivity index (χ3n) is 3.59. The number of piperazine rings is 1. The van der Waals surface area contributed by atoms with Crippen LogP contribution in [-0.2, 0) is 0 Å². The SMILES string of the molecule is Cc1ccc(N2CCNC(CCO)C2)cc1C. The molecule has 1 aliphatic heterocycles. The highest BCUT2D eigenvalue weighted by atomic mass is 16.3. The summed E-state index contributed by atoms with van der Waals surface area (Å²) in [5.41, 5.74) is 3.99. The van der Waals surface area contributed by atoms with Crippen LogP contribution in [0.5, 0.6) is 0 Å². The number of rotatable bonds is 3. The number of aliphatic hydroxyl groups excluding tert-OH is 1. The molecule has 17 heavy (non-hydrogen) atoms. The highest BCUT2D eigenvalue weighted by Gasteiger charge is 2.19. The fourth-order valence-corrected chi connectivity index (χ4v) is 2.33. The largest absolute Gasteiger partial charge is 0.396 e. The van der Waals surface area contributed by atoms with Crippen molar-refractivity contribution in [3.63, 3.8) is 0 Å². The van der Waals surface area contributed by atoms with E-state index in [1.54, 1.807) is 0 Å². The molecule has 1 unspecified atom stereocenters. The summed E-state index contributed by atoms with van der Waals surface area (Å²) in [6.07, 6.45) is 0.835. The Morgan fingerprint density at radius 2 is 2.18 bits per heavy atom. The molecule has 2 rings (SSSR count). The van der Waals surface area contributed by atoms with Crippen LogP contribution in [0.4, 0.5) is 5.69 Å². The van der Waals surface area contributed by atoms with Crippen LogP contribution in [0.3, 0.4) is 0 Å². The van der Waals surface area contributed by atoms with Crippen LogP contribution < -0.4 is 10.2 Å². The quantitative estimate of drug-likeness (QED) is 0.831. The third kappa shape index (κ3) is 2.99. The van der Waals surface area contributed by atoms with Crippen molar-refractivity contribution in [2.24, 2.45) is 0 Å². The molecule has 0 aliphatic carbocycles. The zero-order valence-electron chi connectivity index (χ0n) is 10.7. The summed E-state index contributed by atoms with van der Waals surface area (Å²) in [7, 11) is 0. The van der Waals surface area contributed by atoms with E-state index in [0.717, 1.165) is 26.1 Å². The fraction of sp³-hybridized carbons (Fsp3) is 0.571. The zero-order valence-corrected chi connectivity index (χ0v) is 10.7. The first-order valence-electron chi connectivity index (χ1n) is 6.37. The van der Waals surface area contributed by atoms with Gasteiger partial charge in [0.2, 0.25) is 0 Å². The van der Waals surface area contributed by atoms with Crippen molar-refractivity contribution >= 4 is 5.69 Å². The van der Waals surface area contributed by atoms with Gasteiger partial charge in [-0.15, -0.1) is 0 Å². The van der Waals surface area contributed by atoms with E-state index >= 15 is 0 Å². The molecule has 1 aromatic rings. The molecule has 0 amide bonds. The second-order valence-electron chi connectivity index (χ2n) is 4.88. The van der Waals surface area contributed by atoms with Crippen LogP contribution in [0, 0.1) is 13.8 Å². The van der Waals surface area contributed by atoms with E-state index in [4.69, 9.17) is 5.11 Å². The van der Waals surface area contributed by atoms with Crippen molar-refractivity contribution in [2.45, 2.75) is 26.3 Å². The first-order chi connectivity index (χ1) is 8.20. The van der Waals surface area contributed by atoms with Crippen molar-refractivity contribution in [3.8, 4) is 0 Å². The number of hydrogen-bond acceptors (Lipinski definition) is 3. The number of aliphatic hydroxyl groups is 1. The first kappa shape index (κ1) is 12.4. The van der Waals surface area contributed by atoms with Crippen molar-refractivity contribution in [1.29, 1.82) is 0 Å². The molecule has 0 aromatic heterocycles. The number of nitrogens with zero attached hydrogens (tertiary/aromatic N) is 1. The second kappa shape index (κ2) is 5.52. The Hall–Kier alpha value is -1.06. The van der Waals surface area contributed by atoms with Gasteiger partial charge >= 0.3 is 0 Å². The number of anilines is 1. The molecule has 1 saturated heterocycles. The van der Waals surface area contributed by atoms with E-state index in [1.807, 2.05) is 0 Å². The van der Waals surface area contributed by atoms with E-state index in [-0.39, 0.29) is 6.61 Å². The van der Waals surface area contributed by atoms with Crippen molar-refractivity contribution in [1.82, 2.24) is 5.32 Å². The topological polar surface area (TPSA) is 35.5 Å². The highest BCUT2D eigenvalue weighted by Crippen LogP contribution is 2.20. The molecule has 1 aliphatic rings. The Bertz CT molecular complexity index is 376. The van der Waals surface area contributed by atoms with E-state index in [2.05, 4.69) is 42.3 Å². The van der Waals surface area contributed by atoms with Crippen LogP contribution in [-0.4, -0.2) is 37.4 Å². The number of aryl methyl sites for hydroxylation is 2. The van der Waals surface area contributed by atoms with Gasteiger partial charge in [-0.1, -0.05) is 6.07 Å². The molecule has 2 N–H and O–H groups in total. The lowest BCUT2D eigenvalue weighted by atomic mass is 10.1. The summed E-state index contributed by atoms with van der Waals surface area (Å²) in [6, 6.07) is 7.06. The van der Waals surface area contributed by atoms with Crippen LogP contribution >= 0.6 is 0 Å². The van der Waals surface area contributed by atoms with Crippen LogP contribution in [0.15, 0.2) is 18.2 Å². The third-order valence-corrected chi connectivity index (χ3v) is 3.59. The maximum atomic E-state index is 9.00. The molecule has 1 fully saturated rings. The zero-order chi connectivity index (χ0) is 12.3. The predicted molar refractivity (Wildman–Crippen MR) is 71.6 cm³/mol. The van der Waals surface area contributed by atoms with Gasteiger partial charge in [0.1, 0.15) is 0 Å². The fourth-order valence-electron chi connectivity index (χ4n) is 2.33. The van der Waals surface area contributed by atoms with Gasteiger partial charge in [-0.25, -0.2) is 0 Å². The normalized spacial score (nSPS) is 20.6. The lowest BCUT2D eigenvalue weighted by Gasteiger charge is -2.35. The van der Waals surface area contributed by atoms with E-state index < -0.39 is 0 Å². The predicted octanol–water partition coefficient (Wildman–Crippen LogP) is 1.46. The molecule has 1 atom stereocenters. The van der Waals surface area contributed by atoms with Gasteiger partial charge in [-0.3, -0.25) is 0 Å². The highest BCUT2D eigenvalue weighted by molar-refractivity contribution is 5.51. The summed E-state index contributed by atoms with van der Waals surface area (Å²) >= 11 is 0. The van der Waals surface area contributed by atoms with Gasteiger partial charge in [0.05, 0.1) is 0 Å². The van der Waals surface area contributed by atoms with Crippen molar-refractivity contribution in [3.05, 3.63) is 29.3 Å². The summed E-state index contributed by atoms with van der Waals surface area (Å²) in [5.74, 6) is 0. The van der Waals surface area contributed by atoms with Crippen LogP contribution in [0.2, 0.25) is 0 Å². The lowest BCUT2D eigenvalue weighted by molar-refractivity contribution is 0.260. The molecule has 3 nitrogen and oxygen atoms in total. The van der Waals surface area contributed by atoms with Gasteiger partial charge in [0, 0.05) is 38.0 Å². The molecule has 3 heteroatoms. The van der Waals surface area contributed by atoms with Crippen molar-refractivity contribution < 1.29 is 5.11 Å². The first-order valence-corrected chi connectivity index (χ1v) is 6.37. The maximum absolute atomic E-state index is 9.00. The summed E-state index contributed by atoms with van der Waals surface area (Å²) in [5, 5.41) is 12.4. The average Bonchev–Trinajstić information content (AvgIpc) is 2.33. The molecule has 0 saturated carbocycles. The summed E-state index contributed by atoms with van der Waals surface area (Å²) < 4.78 is 0. The second-order valence-corrected chi connectivity index (χ2v) is 4.88. The average molecular weight is 234 g/mol. The lowest BCUT2D eigenvalue weighted by Crippen LogP contribution is -2.51. The van der Waals surface area contributed by atoms with Crippen LogP contribution in [0.1, 0.15) is 17.5 Å². The Morgan fingerprint density at radius 3 is 2.88 bits per heavy atom. The minimum atomic E-state index is 0.262. The summed E-state index contributed by atoms with van der Waals surface area (Å²) in [6.45, 7) is 7.60. The monoisotopic (exact) mass is 234 g/mol. The van der Waals surface area contributed by atoms with Gasteiger partial charge < -0.3 is 15.3 Å². The molecule has 1 aromatic carbocycles. The summed E-state index contributed by atoms with van der Waals surface area (Å²) in [4.78, 5) is 2.41. The Labute approximate surface area is 103 Å². The van der Waals surface area contributed by atoms with Gasteiger partial charge in [0.25, 0.3) is 0 Å². The Balaban J connectivity index is 2.08. The molecule has 0 radical (unpaired) electrons. The van der Waals surface area contributed by atoms with E-state index in [1.165, 1.54) is 16.8 Å². The Morgan fingerprint density at radius 1 is 1.35 bits per heavy atom. The molecule has 94 valence electrons. The van der Waals surface area contributed by atoms with Crippen LogP contribution in [0.25, 0.3) is 0 Å². The van der Waals surface area contributed by atoms with Gasteiger partial charge in [-0.2, -0.15) is 0 Å². The van der Waals surface area contributed by atoms with E-state index in [9.17, 15) is 0 Å². The smallest absolute Gasteiger partial charge is 0.0446 e. The minimum absolute atomic E-state index is 0.262. The minimum Gasteiger partial charge on any atom is -0.396 e. The van der Waals surface area contributed by atoms with Gasteiger partial charge in [-0.05, 0) is 43.5 Å². The molecular formula is C14H22N2O. The molecular weight excluding hydrogens is 212 g/mol. The number of hydrogen-bond donors (Lipinski definition) is 2. The molecule has 0 spiro atoms. The van der Waals surface area contributed by atoms with Gasteiger partial charge in [0.15, 0.2) is 0 Å². The van der Waals surface area contributed by atoms with Crippen molar-refractivity contribution in [2.75, 3.05) is 31.1 Å². The molecule has 0 bridgehead atoms. The number of nitrogens with one attached hydrogen (secondary N) is 1. The molecule has 1 heterocycles.